The number of carbonyl (C=O) groups excluding carboxylic acids is 1. The van der Waals surface area contributed by atoms with Crippen LogP contribution in [0.3, 0.4) is 0 Å². The lowest BCUT2D eigenvalue weighted by atomic mass is 10.1. The Kier molecular flexibility index (Phi) is 11.1. The number of H-pyrrole nitrogens is 1. The Morgan fingerprint density at radius 1 is 0.932 bits per heavy atom. The van der Waals surface area contributed by atoms with Gasteiger partial charge in [0.2, 0.25) is 0 Å². The van der Waals surface area contributed by atoms with Gasteiger partial charge in [-0.1, -0.05) is 94.8 Å². The van der Waals surface area contributed by atoms with E-state index in [4.69, 9.17) is 14.8 Å². The molecule has 9 heteroatoms. The van der Waals surface area contributed by atoms with Crippen molar-refractivity contribution in [1.29, 1.82) is 0 Å². The third-order valence-corrected chi connectivity index (χ3v) is 6.61. The number of rotatable bonds is 8. The number of hydrogen-bond donors (Lipinski definition) is 1. The average Bonchev–Trinajstić information content (AvgIpc) is 3.82. The molecular weight excluding hydrogens is 550 g/mol. The van der Waals surface area contributed by atoms with Crippen molar-refractivity contribution in [2.75, 3.05) is 12.0 Å². The fraction of sp³-hybridized carbons (Fsp3) is 0.257. The average molecular weight is 592 g/mol. The van der Waals surface area contributed by atoms with Crippen molar-refractivity contribution in [3.63, 3.8) is 0 Å². The van der Waals surface area contributed by atoms with Crippen molar-refractivity contribution in [3.8, 4) is 17.1 Å². The molecule has 4 heterocycles. The number of aryl methyl sites for hydroxylation is 1. The highest BCUT2D eigenvalue weighted by Gasteiger charge is 2.22. The van der Waals surface area contributed by atoms with Gasteiger partial charge in [-0.05, 0) is 23.3 Å². The van der Waals surface area contributed by atoms with E-state index in [1.54, 1.807) is 21.8 Å². The summed E-state index contributed by atoms with van der Waals surface area (Å²) in [5, 5.41) is 9.70. The molecule has 2 aromatic carbocycles. The quantitative estimate of drug-likeness (QED) is 0.183. The summed E-state index contributed by atoms with van der Waals surface area (Å²) < 4.78 is 8.58. The summed E-state index contributed by atoms with van der Waals surface area (Å²) in [5.74, 6) is 0.298. The number of ether oxygens (including phenoxy) is 1. The number of pyridine rings is 1. The number of nitrogens with one attached hydrogen (secondary N) is 1. The van der Waals surface area contributed by atoms with E-state index in [0.29, 0.717) is 18.7 Å². The number of nitrogens with zero attached hydrogens (tertiary/aromatic N) is 6. The van der Waals surface area contributed by atoms with E-state index < -0.39 is 5.97 Å². The second kappa shape index (κ2) is 15.3. The number of methoxy groups -OCH3 is 1. The van der Waals surface area contributed by atoms with Crippen LogP contribution < -0.4 is 4.90 Å². The Morgan fingerprint density at radius 3 is 2.09 bits per heavy atom. The molecule has 0 radical (unpaired) electrons. The molecule has 6 rings (SSSR count). The molecule has 0 saturated carbocycles. The van der Waals surface area contributed by atoms with E-state index in [1.165, 1.54) is 13.5 Å². The van der Waals surface area contributed by atoms with Gasteiger partial charge in [0.15, 0.2) is 5.82 Å². The highest BCUT2D eigenvalue weighted by Crippen LogP contribution is 2.33. The van der Waals surface area contributed by atoms with Crippen LogP contribution in [0.5, 0.6) is 0 Å². The van der Waals surface area contributed by atoms with Crippen LogP contribution >= 0.6 is 0 Å². The van der Waals surface area contributed by atoms with Gasteiger partial charge in [-0.15, -0.1) is 0 Å². The van der Waals surface area contributed by atoms with Crippen LogP contribution in [0.4, 0.5) is 5.82 Å². The van der Waals surface area contributed by atoms with Crippen molar-refractivity contribution < 1.29 is 9.53 Å². The zero-order chi connectivity index (χ0) is 31.5. The standard InChI is InChI=1S/C30H27N7O2.C3H8.C2H6/c1-35-20-23(16-32-35)37-14-13-26(34-37)27-15-24-25(30(38)39-2)17-31-29(28(24)33-27)36(18-21-9-5-3-6-10-21)19-22-11-7-4-8-12-22;1-3-2;1-2/h3-17,20,33H,18-19H2,1-2H3;3H2,1-2H3;1-2H3. The highest BCUT2D eigenvalue weighted by molar-refractivity contribution is 6.07. The first-order chi connectivity index (χ1) is 21.5. The first-order valence-corrected chi connectivity index (χ1v) is 15.0. The van der Waals surface area contributed by atoms with Crippen molar-refractivity contribution in [2.24, 2.45) is 7.05 Å². The van der Waals surface area contributed by atoms with Gasteiger partial charge in [-0.3, -0.25) is 4.68 Å². The van der Waals surface area contributed by atoms with Crippen molar-refractivity contribution in [2.45, 2.75) is 47.2 Å². The number of benzene rings is 2. The molecule has 1 N–H and O–H groups in total. The van der Waals surface area contributed by atoms with Gasteiger partial charge < -0.3 is 14.6 Å². The molecule has 0 fully saturated rings. The molecule has 0 unspecified atom stereocenters. The molecule has 0 bridgehead atoms. The molecule has 0 amide bonds. The van der Waals surface area contributed by atoms with Crippen LogP contribution in [0, 0.1) is 0 Å². The van der Waals surface area contributed by atoms with Crippen LogP contribution in [0.2, 0.25) is 0 Å². The fourth-order valence-corrected chi connectivity index (χ4v) is 4.70. The Bertz CT molecular complexity index is 1710. The van der Waals surface area contributed by atoms with Gasteiger partial charge in [0.25, 0.3) is 0 Å². The second-order valence-electron chi connectivity index (χ2n) is 10.0. The molecular formula is C35H41N7O2. The molecule has 44 heavy (non-hydrogen) atoms. The predicted octanol–water partition coefficient (Wildman–Crippen LogP) is 7.59. The number of esters is 1. The minimum absolute atomic E-state index is 0.393. The van der Waals surface area contributed by atoms with E-state index in [2.05, 4.69) is 53.1 Å². The predicted molar refractivity (Wildman–Crippen MR) is 177 cm³/mol. The lowest BCUT2D eigenvalue weighted by Gasteiger charge is -2.25. The Morgan fingerprint density at radius 2 is 1.55 bits per heavy atom. The van der Waals surface area contributed by atoms with E-state index in [0.717, 1.165) is 44.9 Å². The van der Waals surface area contributed by atoms with Crippen molar-refractivity contribution >= 4 is 22.7 Å². The normalized spacial score (nSPS) is 10.4. The molecule has 0 aliphatic rings. The van der Waals surface area contributed by atoms with Crippen LogP contribution in [0.15, 0.2) is 97.6 Å². The number of aromatic amines is 1. The van der Waals surface area contributed by atoms with Gasteiger partial charge in [-0.2, -0.15) is 10.2 Å². The minimum Gasteiger partial charge on any atom is -0.465 e. The lowest BCUT2D eigenvalue weighted by Crippen LogP contribution is -2.24. The van der Waals surface area contributed by atoms with Crippen LogP contribution in [0.1, 0.15) is 55.6 Å². The molecule has 9 nitrogen and oxygen atoms in total. The SMILES string of the molecule is CC.CCC.COC(=O)c1cnc(N(Cc2ccccc2)Cc2ccccc2)c2[nH]c(-c3ccn(-c4cnn(C)c4)n3)cc12. The second-order valence-corrected chi connectivity index (χ2v) is 10.0. The number of hydrogen-bond acceptors (Lipinski definition) is 6. The van der Waals surface area contributed by atoms with E-state index in [-0.39, 0.29) is 0 Å². The maximum Gasteiger partial charge on any atom is 0.340 e. The van der Waals surface area contributed by atoms with Gasteiger partial charge in [0.1, 0.15) is 11.4 Å². The number of carbonyl (C=O) groups is 1. The summed E-state index contributed by atoms with van der Waals surface area (Å²) in [6.07, 6.45) is 8.38. The molecule has 6 aromatic rings. The summed E-state index contributed by atoms with van der Waals surface area (Å²) in [6.45, 7) is 9.53. The van der Waals surface area contributed by atoms with Gasteiger partial charge in [0.05, 0.1) is 36.3 Å². The van der Waals surface area contributed by atoms with Crippen LogP contribution in [-0.4, -0.2) is 42.6 Å². The maximum atomic E-state index is 12.7. The van der Waals surface area contributed by atoms with Crippen LogP contribution in [-0.2, 0) is 24.9 Å². The molecule has 0 saturated heterocycles. The van der Waals surface area contributed by atoms with Gasteiger partial charge in [-0.25, -0.2) is 14.5 Å². The Labute approximate surface area is 259 Å². The molecule has 0 aliphatic carbocycles. The third-order valence-electron chi connectivity index (χ3n) is 6.61. The topological polar surface area (TPSA) is 93.9 Å². The van der Waals surface area contributed by atoms with E-state index >= 15 is 0 Å². The Hall–Kier alpha value is -5.18. The summed E-state index contributed by atoms with van der Waals surface area (Å²) in [6, 6.07) is 24.4. The molecule has 4 aromatic heterocycles. The fourth-order valence-electron chi connectivity index (χ4n) is 4.70. The highest BCUT2D eigenvalue weighted by atomic mass is 16.5. The smallest absolute Gasteiger partial charge is 0.340 e. The van der Waals surface area contributed by atoms with Gasteiger partial charge >= 0.3 is 5.97 Å². The summed E-state index contributed by atoms with van der Waals surface area (Å²) in [7, 11) is 3.24. The van der Waals surface area contributed by atoms with E-state index in [9.17, 15) is 4.79 Å². The number of anilines is 1. The molecule has 0 atom stereocenters. The molecule has 0 aliphatic heterocycles. The number of fused-ring (bicyclic) bond motifs is 1. The van der Waals surface area contributed by atoms with Crippen molar-refractivity contribution in [3.05, 3.63) is 114 Å². The lowest BCUT2D eigenvalue weighted by molar-refractivity contribution is 0.0602. The minimum atomic E-state index is -0.442. The largest absolute Gasteiger partial charge is 0.465 e. The molecule has 0 spiro atoms. The summed E-state index contributed by atoms with van der Waals surface area (Å²) in [5.41, 5.74) is 5.81. The summed E-state index contributed by atoms with van der Waals surface area (Å²) in [4.78, 5) is 23.2. The first kappa shape index (κ1) is 31.7. The summed E-state index contributed by atoms with van der Waals surface area (Å²) >= 11 is 0. The zero-order valence-corrected chi connectivity index (χ0v) is 26.4. The maximum absolute atomic E-state index is 12.7. The third kappa shape index (κ3) is 7.42. The van der Waals surface area contributed by atoms with Gasteiger partial charge in [0, 0.05) is 37.9 Å². The number of aromatic nitrogens is 6. The van der Waals surface area contributed by atoms with Crippen molar-refractivity contribution in [1.82, 2.24) is 29.5 Å². The van der Waals surface area contributed by atoms with Crippen LogP contribution in [0.25, 0.3) is 28.0 Å². The monoisotopic (exact) mass is 591 g/mol. The zero-order valence-electron chi connectivity index (χ0n) is 26.4. The first-order valence-electron chi connectivity index (χ1n) is 15.0. The Balaban J connectivity index is 0.000000834. The van der Waals surface area contributed by atoms with E-state index in [1.807, 2.05) is 81.8 Å². The molecule has 228 valence electrons.